The highest BCUT2D eigenvalue weighted by Crippen LogP contribution is 2.47. The van der Waals surface area contributed by atoms with Gasteiger partial charge in [-0.3, -0.25) is 4.90 Å². The molecule has 1 nitrogen and oxygen atoms in total. The lowest BCUT2D eigenvalue weighted by Gasteiger charge is -2.15. The summed E-state index contributed by atoms with van der Waals surface area (Å²) < 4.78 is 0. The second kappa shape index (κ2) is 4.34. The average molecular weight is 233 g/mol. The minimum absolute atomic E-state index is 0.716. The lowest BCUT2D eigenvalue weighted by Crippen LogP contribution is -2.32. The first kappa shape index (κ1) is 11.9. The first-order valence-electron chi connectivity index (χ1n) is 6.36. The van der Waals surface area contributed by atoms with Crippen molar-refractivity contribution in [2.45, 2.75) is 44.7 Å². The van der Waals surface area contributed by atoms with E-state index in [1.165, 1.54) is 18.5 Å². The maximum atomic E-state index is 2.70. The lowest BCUT2D eigenvalue weighted by atomic mass is 10.2. The van der Waals surface area contributed by atoms with Gasteiger partial charge in [-0.05, 0) is 18.5 Å². The van der Waals surface area contributed by atoms with Gasteiger partial charge in [-0.25, -0.2) is 0 Å². The van der Waals surface area contributed by atoms with Crippen LogP contribution in [0.25, 0.3) is 0 Å². The molecule has 1 saturated heterocycles. The zero-order chi connectivity index (χ0) is 11.8. The lowest BCUT2D eigenvalue weighted by molar-refractivity contribution is 0.498. The quantitative estimate of drug-likeness (QED) is 0.566. The smallest absolute Gasteiger partial charge is 0.0663 e. The van der Waals surface area contributed by atoms with Gasteiger partial charge in [-0.2, -0.15) is 0 Å². The monoisotopic (exact) mass is 233 g/mol. The van der Waals surface area contributed by atoms with E-state index in [0.717, 1.165) is 5.67 Å². The third-order valence-electron chi connectivity index (χ3n) is 3.43. The minimum atomic E-state index is -1.04. The molecule has 1 aromatic carbocycles. The average Bonchev–Trinajstić information content (AvgIpc) is 2.94. The molecule has 0 amide bonds. The summed E-state index contributed by atoms with van der Waals surface area (Å²) in [6, 6.07) is 11.7. The third-order valence-corrected chi connectivity index (χ3v) is 5.86. The van der Waals surface area contributed by atoms with Gasteiger partial charge >= 0.3 is 0 Å². The molecule has 2 rings (SSSR count). The van der Waals surface area contributed by atoms with Crippen LogP contribution in [-0.2, 0) is 0 Å². The topological polar surface area (TPSA) is 3.01 Å². The SMILES string of the molecule is CCCN1[C@H]([Si](C)(C)C)[C@@H]1c1ccccc1. The molecule has 16 heavy (non-hydrogen) atoms. The molecule has 2 heteroatoms. The maximum Gasteiger partial charge on any atom is 0.0663 e. The van der Waals surface area contributed by atoms with Gasteiger partial charge in [0, 0.05) is 11.7 Å². The van der Waals surface area contributed by atoms with E-state index in [2.05, 4.69) is 61.8 Å². The van der Waals surface area contributed by atoms with E-state index >= 15 is 0 Å². The molecule has 1 aromatic rings. The van der Waals surface area contributed by atoms with Crippen molar-refractivity contribution < 1.29 is 0 Å². The molecule has 1 aliphatic heterocycles. The predicted molar refractivity (Wildman–Crippen MR) is 73.3 cm³/mol. The number of hydrogen-bond donors (Lipinski definition) is 0. The van der Waals surface area contributed by atoms with Crippen LogP contribution in [0.15, 0.2) is 30.3 Å². The van der Waals surface area contributed by atoms with Crippen molar-refractivity contribution in [3.63, 3.8) is 0 Å². The highest BCUT2D eigenvalue weighted by Gasteiger charge is 2.54. The van der Waals surface area contributed by atoms with Gasteiger partial charge < -0.3 is 0 Å². The first-order valence-corrected chi connectivity index (χ1v) is 9.94. The fourth-order valence-electron chi connectivity index (χ4n) is 2.81. The summed E-state index contributed by atoms with van der Waals surface area (Å²) in [7, 11) is -1.04. The maximum absolute atomic E-state index is 2.70. The molecule has 0 radical (unpaired) electrons. The van der Waals surface area contributed by atoms with Crippen LogP contribution in [0.4, 0.5) is 0 Å². The van der Waals surface area contributed by atoms with Gasteiger partial charge in [0.25, 0.3) is 0 Å². The van der Waals surface area contributed by atoms with Crippen molar-refractivity contribution in [1.29, 1.82) is 0 Å². The van der Waals surface area contributed by atoms with Gasteiger partial charge in [0.1, 0.15) is 0 Å². The van der Waals surface area contributed by atoms with Crippen molar-refractivity contribution >= 4 is 8.07 Å². The predicted octanol–water partition coefficient (Wildman–Crippen LogP) is 3.70. The molecule has 1 aliphatic rings. The van der Waals surface area contributed by atoms with Gasteiger partial charge in [-0.1, -0.05) is 56.9 Å². The molecule has 1 fully saturated rings. The Labute approximate surface area is 100 Å². The standard InChI is InChI=1S/C14H23NSi/c1-5-11-15-13(14(15)16(2,3)4)12-9-7-6-8-10-12/h6-10,13-14H,5,11H2,1-4H3/t13-,14+,15?/m0/s1. The summed E-state index contributed by atoms with van der Waals surface area (Å²) in [6.07, 6.45) is 1.27. The van der Waals surface area contributed by atoms with E-state index in [-0.39, 0.29) is 0 Å². The second-order valence-corrected chi connectivity index (χ2v) is 11.2. The van der Waals surface area contributed by atoms with Crippen molar-refractivity contribution in [3.05, 3.63) is 35.9 Å². The summed E-state index contributed by atoms with van der Waals surface area (Å²) in [6.45, 7) is 11.0. The molecule has 3 atom stereocenters. The van der Waals surface area contributed by atoms with Gasteiger partial charge in [0.05, 0.1) is 8.07 Å². The normalized spacial score (nSPS) is 29.1. The molecule has 0 N–H and O–H groups in total. The highest BCUT2D eigenvalue weighted by molar-refractivity contribution is 6.78. The van der Waals surface area contributed by atoms with Crippen LogP contribution in [0.2, 0.25) is 19.6 Å². The second-order valence-electron chi connectivity index (χ2n) is 5.90. The molecule has 0 saturated carbocycles. The number of rotatable bonds is 4. The van der Waals surface area contributed by atoms with Crippen LogP contribution in [0.5, 0.6) is 0 Å². The summed E-state index contributed by atoms with van der Waals surface area (Å²) in [5, 5.41) is 0. The van der Waals surface area contributed by atoms with Gasteiger partial charge in [0.15, 0.2) is 0 Å². The fourth-order valence-corrected chi connectivity index (χ4v) is 5.34. The molecule has 0 aliphatic carbocycles. The first-order chi connectivity index (χ1) is 7.55. The summed E-state index contributed by atoms with van der Waals surface area (Å²) in [4.78, 5) is 2.70. The van der Waals surface area contributed by atoms with Crippen molar-refractivity contribution in [2.75, 3.05) is 6.54 Å². The molecular formula is C14H23NSi. The van der Waals surface area contributed by atoms with Crippen LogP contribution < -0.4 is 0 Å². The van der Waals surface area contributed by atoms with Crippen LogP contribution in [0.3, 0.4) is 0 Å². The Morgan fingerprint density at radius 1 is 1.12 bits per heavy atom. The summed E-state index contributed by atoms with van der Waals surface area (Å²) >= 11 is 0. The van der Waals surface area contributed by atoms with Crippen molar-refractivity contribution in [3.8, 4) is 0 Å². The zero-order valence-electron chi connectivity index (χ0n) is 10.9. The Kier molecular flexibility index (Phi) is 3.22. The Hall–Kier alpha value is -0.603. The number of hydrogen-bond acceptors (Lipinski definition) is 1. The molecule has 0 aromatic heterocycles. The minimum Gasteiger partial charge on any atom is -0.293 e. The van der Waals surface area contributed by atoms with E-state index in [0.29, 0.717) is 6.04 Å². The molecule has 1 heterocycles. The van der Waals surface area contributed by atoms with Crippen LogP contribution >= 0.6 is 0 Å². The van der Waals surface area contributed by atoms with E-state index in [1.807, 2.05) is 0 Å². The number of benzene rings is 1. The Morgan fingerprint density at radius 2 is 1.75 bits per heavy atom. The Bertz CT molecular complexity index is 342. The zero-order valence-corrected chi connectivity index (χ0v) is 11.9. The largest absolute Gasteiger partial charge is 0.293 e. The van der Waals surface area contributed by atoms with E-state index in [1.54, 1.807) is 0 Å². The number of nitrogens with zero attached hydrogens (tertiary/aromatic N) is 1. The Balaban J connectivity index is 2.16. The van der Waals surface area contributed by atoms with Crippen LogP contribution in [-0.4, -0.2) is 25.2 Å². The van der Waals surface area contributed by atoms with E-state index in [4.69, 9.17) is 0 Å². The Morgan fingerprint density at radius 3 is 2.25 bits per heavy atom. The molecule has 0 spiro atoms. The van der Waals surface area contributed by atoms with Gasteiger partial charge in [0.2, 0.25) is 0 Å². The van der Waals surface area contributed by atoms with Crippen molar-refractivity contribution in [2.24, 2.45) is 0 Å². The summed E-state index contributed by atoms with van der Waals surface area (Å²) in [5.41, 5.74) is 2.37. The van der Waals surface area contributed by atoms with Crippen molar-refractivity contribution in [1.82, 2.24) is 4.90 Å². The molecule has 1 unspecified atom stereocenters. The summed E-state index contributed by atoms with van der Waals surface area (Å²) in [5.74, 6) is 0. The van der Waals surface area contributed by atoms with Gasteiger partial charge in [-0.15, -0.1) is 0 Å². The fraction of sp³-hybridized carbons (Fsp3) is 0.571. The van der Waals surface area contributed by atoms with Crippen LogP contribution in [0, 0.1) is 0 Å². The third kappa shape index (κ3) is 2.23. The molecule has 0 bridgehead atoms. The highest BCUT2D eigenvalue weighted by atomic mass is 28.3. The molecular weight excluding hydrogens is 210 g/mol. The van der Waals surface area contributed by atoms with E-state index < -0.39 is 8.07 Å². The van der Waals surface area contributed by atoms with Crippen LogP contribution in [0.1, 0.15) is 24.9 Å². The van der Waals surface area contributed by atoms with E-state index in [9.17, 15) is 0 Å². The molecule has 88 valence electrons.